The van der Waals surface area contributed by atoms with Crippen LogP contribution in [0.15, 0.2) is 30.5 Å². The molecule has 0 aliphatic heterocycles. The molecule has 0 amide bonds. The van der Waals surface area contributed by atoms with Crippen molar-refractivity contribution in [3.05, 3.63) is 57.4 Å². The zero-order chi connectivity index (χ0) is 14.7. The lowest BCUT2D eigenvalue weighted by Gasteiger charge is -2.09. The lowest BCUT2D eigenvalue weighted by Crippen LogP contribution is -1.97. The van der Waals surface area contributed by atoms with Gasteiger partial charge >= 0.3 is 5.69 Å². The minimum absolute atomic E-state index is 0.0909. The van der Waals surface area contributed by atoms with E-state index in [0.29, 0.717) is 11.3 Å². The summed E-state index contributed by atoms with van der Waals surface area (Å²) in [6.07, 6.45) is 1.36. The number of nitrogens with zero attached hydrogens (tertiary/aromatic N) is 3. The fourth-order valence-corrected chi connectivity index (χ4v) is 1.82. The van der Waals surface area contributed by atoms with Crippen molar-refractivity contribution < 1.29 is 9.66 Å². The molecule has 0 aliphatic rings. The first-order valence-corrected chi connectivity index (χ1v) is 5.81. The van der Waals surface area contributed by atoms with Gasteiger partial charge in [-0.25, -0.2) is 4.98 Å². The van der Waals surface area contributed by atoms with Crippen LogP contribution in [0.5, 0.6) is 11.5 Å². The molecule has 1 aromatic carbocycles. The summed E-state index contributed by atoms with van der Waals surface area (Å²) in [5.41, 5.74) is 1.62. The van der Waals surface area contributed by atoms with E-state index < -0.39 is 4.92 Å². The smallest absolute Gasteiger partial charge is 0.312 e. The Hall–Kier alpha value is -2.94. The van der Waals surface area contributed by atoms with E-state index in [9.17, 15) is 10.1 Å². The first-order valence-electron chi connectivity index (χ1n) is 5.81. The van der Waals surface area contributed by atoms with Gasteiger partial charge in [0.2, 0.25) is 5.75 Å². The molecule has 0 unspecified atom stereocenters. The van der Waals surface area contributed by atoms with E-state index in [4.69, 9.17) is 10.00 Å². The molecular formula is C14H11N3O3. The molecule has 0 radical (unpaired) electrons. The quantitative estimate of drug-likeness (QED) is 0.630. The van der Waals surface area contributed by atoms with Gasteiger partial charge in [-0.05, 0) is 37.1 Å². The fraction of sp³-hybridized carbons (Fsp3) is 0.143. The standard InChI is InChI=1S/C14H11N3O3/c1-9-5-10(2)14(13(6-9)17(18)19)20-12-4-3-11(7-15)16-8-12/h3-6,8H,1-2H3. The number of rotatable bonds is 3. The van der Waals surface area contributed by atoms with Crippen LogP contribution < -0.4 is 4.74 Å². The molecular weight excluding hydrogens is 258 g/mol. The first kappa shape index (κ1) is 13.5. The molecule has 1 heterocycles. The minimum atomic E-state index is -0.480. The Labute approximate surface area is 115 Å². The van der Waals surface area contributed by atoms with Crippen LogP contribution in [-0.4, -0.2) is 9.91 Å². The minimum Gasteiger partial charge on any atom is -0.448 e. The molecule has 0 bridgehead atoms. The highest BCUT2D eigenvalue weighted by Gasteiger charge is 2.19. The largest absolute Gasteiger partial charge is 0.448 e. The van der Waals surface area contributed by atoms with E-state index in [0.717, 1.165) is 5.56 Å². The number of hydrogen-bond donors (Lipinski definition) is 0. The van der Waals surface area contributed by atoms with Crippen molar-refractivity contribution in [2.24, 2.45) is 0 Å². The molecule has 100 valence electrons. The Morgan fingerprint density at radius 3 is 2.65 bits per heavy atom. The molecule has 1 aromatic heterocycles. The molecule has 0 saturated heterocycles. The highest BCUT2D eigenvalue weighted by atomic mass is 16.6. The molecule has 0 fully saturated rings. The zero-order valence-corrected chi connectivity index (χ0v) is 11.0. The van der Waals surface area contributed by atoms with E-state index in [-0.39, 0.29) is 17.1 Å². The van der Waals surface area contributed by atoms with Gasteiger partial charge in [0.1, 0.15) is 17.5 Å². The predicted octanol–water partition coefficient (Wildman–Crippen LogP) is 3.27. The Morgan fingerprint density at radius 2 is 2.10 bits per heavy atom. The number of nitro benzene ring substituents is 1. The van der Waals surface area contributed by atoms with Crippen molar-refractivity contribution in [3.8, 4) is 17.6 Å². The van der Waals surface area contributed by atoms with Gasteiger partial charge in [-0.1, -0.05) is 6.07 Å². The molecule has 2 aromatic rings. The van der Waals surface area contributed by atoms with Crippen LogP contribution >= 0.6 is 0 Å². The van der Waals surface area contributed by atoms with E-state index in [1.807, 2.05) is 6.07 Å². The van der Waals surface area contributed by atoms with Gasteiger partial charge in [0.25, 0.3) is 0 Å². The van der Waals surface area contributed by atoms with Crippen LogP contribution in [0.4, 0.5) is 5.69 Å². The van der Waals surface area contributed by atoms with Gasteiger partial charge < -0.3 is 4.74 Å². The molecule has 0 atom stereocenters. The fourth-order valence-electron chi connectivity index (χ4n) is 1.82. The molecule has 6 nitrogen and oxygen atoms in total. The average Bonchev–Trinajstić information content (AvgIpc) is 2.42. The van der Waals surface area contributed by atoms with Crippen LogP contribution in [0.3, 0.4) is 0 Å². The predicted molar refractivity (Wildman–Crippen MR) is 71.6 cm³/mol. The van der Waals surface area contributed by atoms with Gasteiger partial charge in [-0.15, -0.1) is 0 Å². The third-order valence-corrected chi connectivity index (χ3v) is 2.67. The van der Waals surface area contributed by atoms with Gasteiger partial charge in [0.15, 0.2) is 0 Å². The molecule has 0 spiro atoms. The lowest BCUT2D eigenvalue weighted by atomic mass is 10.1. The second kappa shape index (κ2) is 5.36. The summed E-state index contributed by atoms with van der Waals surface area (Å²) in [6, 6.07) is 8.20. The Bertz CT molecular complexity index is 703. The summed E-state index contributed by atoms with van der Waals surface area (Å²) in [6.45, 7) is 3.53. The summed E-state index contributed by atoms with van der Waals surface area (Å²) in [5, 5.41) is 19.8. The Kier molecular flexibility index (Phi) is 3.62. The van der Waals surface area contributed by atoms with Gasteiger partial charge in [0.05, 0.1) is 11.1 Å². The highest BCUT2D eigenvalue weighted by molar-refractivity contribution is 5.55. The molecule has 0 saturated carbocycles. The second-order valence-corrected chi connectivity index (χ2v) is 4.28. The number of nitriles is 1. The first-order chi connectivity index (χ1) is 9.51. The van der Waals surface area contributed by atoms with Crippen LogP contribution in [0, 0.1) is 35.3 Å². The monoisotopic (exact) mass is 269 g/mol. The number of nitro groups is 1. The summed E-state index contributed by atoms with van der Waals surface area (Å²) in [4.78, 5) is 14.5. The van der Waals surface area contributed by atoms with E-state index >= 15 is 0 Å². The van der Waals surface area contributed by atoms with Crippen molar-refractivity contribution in [1.82, 2.24) is 4.98 Å². The van der Waals surface area contributed by atoms with Crippen LogP contribution in [-0.2, 0) is 0 Å². The normalized spacial score (nSPS) is 9.85. The van der Waals surface area contributed by atoms with Gasteiger partial charge in [0, 0.05) is 6.07 Å². The van der Waals surface area contributed by atoms with E-state index in [2.05, 4.69) is 4.98 Å². The Balaban J connectivity index is 2.42. The van der Waals surface area contributed by atoms with Crippen molar-refractivity contribution in [2.45, 2.75) is 13.8 Å². The maximum atomic E-state index is 11.1. The third kappa shape index (κ3) is 2.72. The lowest BCUT2D eigenvalue weighted by molar-refractivity contribution is -0.385. The molecule has 0 N–H and O–H groups in total. The van der Waals surface area contributed by atoms with Crippen LogP contribution in [0.25, 0.3) is 0 Å². The number of benzene rings is 1. The highest BCUT2D eigenvalue weighted by Crippen LogP contribution is 2.35. The van der Waals surface area contributed by atoms with Crippen LogP contribution in [0.1, 0.15) is 16.8 Å². The second-order valence-electron chi connectivity index (χ2n) is 4.28. The van der Waals surface area contributed by atoms with Gasteiger partial charge in [-0.3, -0.25) is 10.1 Å². The molecule has 2 rings (SSSR count). The zero-order valence-electron chi connectivity index (χ0n) is 11.0. The number of aryl methyl sites for hydroxylation is 2. The third-order valence-electron chi connectivity index (χ3n) is 2.67. The summed E-state index contributed by atoms with van der Waals surface area (Å²) < 4.78 is 5.54. The topological polar surface area (TPSA) is 89.0 Å². The summed E-state index contributed by atoms with van der Waals surface area (Å²) in [7, 11) is 0. The molecule has 0 aliphatic carbocycles. The summed E-state index contributed by atoms with van der Waals surface area (Å²) in [5.74, 6) is 0.533. The van der Waals surface area contributed by atoms with Crippen molar-refractivity contribution in [3.63, 3.8) is 0 Å². The number of pyridine rings is 1. The molecule has 20 heavy (non-hydrogen) atoms. The van der Waals surface area contributed by atoms with Crippen molar-refractivity contribution >= 4 is 5.69 Å². The van der Waals surface area contributed by atoms with E-state index in [1.54, 1.807) is 26.0 Å². The van der Waals surface area contributed by atoms with Crippen LogP contribution in [0.2, 0.25) is 0 Å². The Morgan fingerprint density at radius 1 is 1.35 bits per heavy atom. The summed E-state index contributed by atoms with van der Waals surface area (Å²) >= 11 is 0. The maximum absolute atomic E-state index is 11.1. The maximum Gasteiger partial charge on any atom is 0.312 e. The molecule has 6 heteroatoms. The van der Waals surface area contributed by atoms with Gasteiger partial charge in [-0.2, -0.15) is 5.26 Å². The average molecular weight is 269 g/mol. The number of aromatic nitrogens is 1. The van der Waals surface area contributed by atoms with Crippen molar-refractivity contribution in [1.29, 1.82) is 5.26 Å². The van der Waals surface area contributed by atoms with E-state index in [1.165, 1.54) is 18.3 Å². The number of hydrogen-bond acceptors (Lipinski definition) is 5. The number of ether oxygens (including phenoxy) is 1. The van der Waals surface area contributed by atoms with Crippen molar-refractivity contribution in [2.75, 3.05) is 0 Å². The SMILES string of the molecule is Cc1cc(C)c(Oc2ccc(C#N)nc2)c([N+](=O)[O-])c1.